The Morgan fingerprint density at radius 3 is 2.14 bits per heavy atom. The van der Waals surface area contributed by atoms with Gasteiger partial charge in [0.05, 0.1) is 10.5 Å². The maximum Gasteiger partial charge on any atom is 0.238 e. The Kier molecular flexibility index (Phi) is 4.19. The minimum Gasteiger partial charge on any atom is -0.486 e. The fraction of sp³-hybridized carbons (Fsp3) is 0.0769. The van der Waals surface area contributed by atoms with Gasteiger partial charge in [0.25, 0.3) is 0 Å². The molecule has 0 saturated heterocycles. The molecule has 0 fully saturated rings. The van der Waals surface area contributed by atoms with Gasteiger partial charge in [-0.1, -0.05) is 6.07 Å². The molecule has 0 radical (unpaired) electrons. The molecule has 2 aromatic carbocycles. The lowest BCUT2D eigenvalue weighted by Crippen LogP contribution is -2.12. The maximum atomic E-state index is 13.7. The van der Waals surface area contributed by atoms with E-state index < -0.39 is 39.0 Å². The van der Waals surface area contributed by atoms with Crippen LogP contribution in [0.3, 0.4) is 0 Å². The number of primary sulfonamides is 1. The molecular formula is C13H10F3NO3S. The first-order chi connectivity index (χ1) is 9.79. The minimum absolute atomic E-state index is 0.343. The number of hydrogen-bond acceptors (Lipinski definition) is 3. The van der Waals surface area contributed by atoms with Crippen LogP contribution in [0.15, 0.2) is 41.3 Å². The van der Waals surface area contributed by atoms with Crippen molar-refractivity contribution in [2.75, 3.05) is 0 Å². The Morgan fingerprint density at radius 2 is 1.62 bits per heavy atom. The van der Waals surface area contributed by atoms with Crippen LogP contribution in [0.25, 0.3) is 0 Å². The van der Waals surface area contributed by atoms with Crippen molar-refractivity contribution in [1.82, 2.24) is 0 Å². The van der Waals surface area contributed by atoms with Crippen LogP contribution in [-0.4, -0.2) is 8.42 Å². The summed E-state index contributed by atoms with van der Waals surface area (Å²) in [6, 6.07) is 6.00. The van der Waals surface area contributed by atoms with Crippen molar-refractivity contribution in [2.24, 2.45) is 5.14 Å². The summed E-state index contributed by atoms with van der Waals surface area (Å²) in [5.74, 6) is -2.99. The van der Waals surface area contributed by atoms with E-state index in [2.05, 4.69) is 0 Å². The summed E-state index contributed by atoms with van der Waals surface area (Å²) in [6.45, 7) is -0.538. The van der Waals surface area contributed by atoms with Gasteiger partial charge in [-0.2, -0.15) is 0 Å². The molecule has 0 unspecified atom stereocenters. The summed E-state index contributed by atoms with van der Waals surface area (Å²) in [5.41, 5.74) is -0.354. The van der Waals surface area contributed by atoms with Crippen LogP contribution in [0.4, 0.5) is 13.2 Å². The van der Waals surface area contributed by atoms with E-state index in [1.54, 1.807) is 0 Å². The average Bonchev–Trinajstić information content (AvgIpc) is 2.38. The molecule has 0 aliphatic heterocycles. The van der Waals surface area contributed by atoms with Crippen LogP contribution in [-0.2, 0) is 16.6 Å². The van der Waals surface area contributed by atoms with Crippen LogP contribution in [0, 0.1) is 17.5 Å². The van der Waals surface area contributed by atoms with E-state index >= 15 is 0 Å². The fourth-order valence-corrected chi connectivity index (χ4v) is 2.12. The number of benzene rings is 2. The molecule has 4 nitrogen and oxygen atoms in total. The van der Waals surface area contributed by atoms with E-state index in [0.717, 1.165) is 24.3 Å². The Morgan fingerprint density at radius 1 is 1.00 bits per heavy atom. The first-order valence-corrected chi connectivity index (χ1v) is 7.21. The molecule has 0 aromatic heterocycles. The zero-order valence-corrected chi connectivity index (χ0v) is 11.3. The van der Waals surface area contributed by atoms with E-state index in [1.165, 1.54) is 6.07 Å². The van der Waals surface area contributed by atoms with Crippen molar-refractivity contribution >= 4 is 10.0 Å². The standard InChI is InChI=1S/C13H10F3NO3S/c14-10-2-1-3-11(15)9(10)7-20-13-5-4-8(6-12(13)16)21(17,18)19/h1-6H,7H2,(H2,17,18,19). The highest BCUT2D eigenvalue weighted by Gasteiger charge is 2.14. The molecule has 0 heterocycles. The Labute approximate surface area is 119 Å². The van der Waals surface area contributed by atoms with Crippen molar-refractivity contribution in [1.29, 1.82) is 0 Å². The fourth-order valence-electron chi connectivity index (χ4n) is 1.60. The molecule has 0 bridgehead atoms. The van der Waals surface area contributed by atoms with Crippen molar-refractivity contribution in [3.8, 4) is 5.75 Å². The molecule has 21 heavy (non-hydrogen) atoms. The Bertz CT molecular complexity index is 758. The van der Waals surface area contributed by atoms with Gasteiger partial charge in [-0.3, -0.25) is 0 Å². The number of rotatable bonds is 4. The van der Waals surface area contributed by atoms with Gasteiger partial charge in [-0.05, 0) is 30.3 Å². The van der Waals surface area contributed by atoms with Crippen molar-refractivity contribution in [3.63, 3.8) is 0 Å². The van der Waals surface area contributed by atoms with Crippen molar-refractivity contribution < 1.29 is 26.3 Å². The van der Waals surface area contributed by atoms with Gasteiger partial charge in [0.2, 0.25) is 10.0 Å². The molecule has 112 valence electrons. The third-order valence-corrected chi connectivity index (χ3v) is 3.58. The summed E-state index contributed by atoms with van der Waals surface area (Å²) >= 11 is 0. The van der Waals surface area contributed by atoms with Gasteiger partial charge >= 0.3 is 0 Å². The number of sulfonamides is 1. The van der Waals surface area contributed by atoms with Gasteiger partial charge in [0.1, 0.15) is 18.2 Å². The lowest BCUT2D eigenvalue weighted by Gasteiger charge is -2.09. The lowest BCUT2D eigenvalue weighted by molar-refractivity contribution is 0.278. The average molecular weight is 317 g/mol. The predicted molar refractivity (Wildman–Crippen MR) is 68.5 cm³/mol. The molecule has 0 aliphatic carbocycles. The second kappa shape index (κ2) is 5.74. The topological polar surface area (TPSA) is 69.4 Å². The normalized spacial score (nSPS) is 11.4. The molecule has 0 amide bonds. The minimum atomic E-state index is -4.04. The highest BCUT2D eigenvalue weighted by Crippen LogP contribution is 2.22. The Hall–Kier alpha value is -2.06. The van der Waals surface area contributed by atoms with Crippen LogP contribution in [0.1, 0.15) is 5.56 Å². The quantitative estimate of drug-likeness (QED) is 0.941. The largest absolute Gasteiger partial charge is 0.486 e. The number of nitrogens with two attached hydrogens (primary N) is 1. The smallest absolute Gasteiger partial charge is 0.238 e. The van der Waals surface area contributed by atoms with Gasteiger partial charge in [-0.25, -0.2) is 26.7 Å². The molecule has 0 aliphatic rings. The van der Waals surface area contributed by atoms with Gasteiger partial charge < -0.3 is 4.74 Å². The van der Waals surface area contributed by atoms with Crippen LogP contribution < -0.4 is 9.88 Å². The summed E-state index contributed by atoms with van der Waals surface area (Å²) in [5, 5.41) is 4.85. The monoisotopic (exact) mass is 317 g/mol. The molecule has 2 N–H and O–H groups in total. The number of ether oxygens (including phenoxy) is 1. The SMILES string of the molecule is NS(=O)(=O)c1ccc(OCc2c(F)cccc2F)c(F)c1. The molecule has 0 atom stereocenters. The summed E-state index contributed by atoms with van der Waals surface area (Å²) < 4.78 is 67.4. The van der Waals surface area contributed by atoms with E-state index in [1.807, 2.05) is 0 Å². The molecule has 2 aromatic rings. The zero-order valence-electron chi connectivity index (χ0n) is 10.5. The molecule has 8 heteroatoms. The molecule has 0 spiro atoms. The van der Waals surface area contributed by atoms with Crippen molar-refractivity contribution in [2.45, 2.75) is 11.5 Å². The summed E-state index contributed by atoms with van der Waals surface area (Å²) in [4.78, 5) is -0.426. The highest BCUT2D eigenvalue weighted by atomic mass is 32.2. The molecular weight excluding hydrogens is 307 g/mol. The van der Waals surface area contributed by atoms with Crippen LogP contribution in [0.2, 0.25) is 0 Å². The van der Waals surface area contributed by atoms with E-state index in [-0.39, 0.29) is 11.3 Å². The van der Waals surface area contributed by atoms with Crippen molar-refractivity contribution in [3.05, 3.63) is 59.4 Å². The van der Waals surface area contributed by atoms with Crippen LogP contribution in [0.5, 0.6) is 5.75 Å². The van der Waals surface area contributed by atoms with E-state index in [0.29, 0.717) is 6.07 Å². The third kappa shape index (κ3) is 3.53. The first-order valence-electron chi connectivity index (χ1n) is 5.67. The number of halogens is 3. The van der Waals surface area contributed by atoms with Gasteiger partial charge in [0, 0.05) is 0 Å². The third-order valence-electron chi connectivity index (χ3n) is 2.67. The molecule has 2 rings (SSSR count). The second-order valence-electron chi connectivity index (χ2n) is 4.13. The van der Waals surface area contributed by atoms with Gasteiger partial charge in [0.15, 0.2) is 11.6 Å². The maximum absolute atomic E-state index is 13.7. The first kappa shape index (κ1) is 15.3. The van der Waals surface area contributed by atoms with E-state index in [9.17, 15) is 21.6 Å². The second-order valence-corrected chi connectivity index (χ2v) is 5.69. The molecule has 0 saturated carbocycles. The number of hydrogen-bond donors (Lipinski definition) is 1. The predicted octanol–water partition coefficient (Wildman–Crippen LogP) is 2.33. The van der Waals surface area contributed by atoms with Gasteiger partial charge in [-0.15, -0.1) is 0 Å². The summed E-state index contributed by atoms with van der Waals surface area (Å²) in [6.07, 6.45) is 0. The van der Waals surface area contributed by atoms with E-state index in [4.69, 9.17) is 9.88 Å². The highest BCUT2D eigenvalue weighted by molar-refractivity contribution is 7.89. The zero-order chi connectivity index (χ0) is 15.6. The Balaban J connectivity index is 2.22. The lowest BCUT2D eigenvalue weighted by atomic mass is 10.2. The summed E-state index contributed by atoms with van der Waals surface area (Å²) in [7, 11) is -4.04. The van der Waals surface area contributed by atoms with Crippen LogP contribution >= 0.6 is 0 Å².